The minimum atomic E-state index is -4.73. The lowest BCUT2D eigenvalue weighted by atomic mass is 10.1. The molecule has 0 aliphatic heterocycles. The van der Waals surface area contributed by atoms with Crippen LogP contribution in [0, 0.1) is 10.1 Å². The number of nitro benzene ring substituents is 1. The molecule has 8 heteroatoms. The van der Waals surface area contributed by atoms with Crippen molar-refractivity contribution >= 4 is 11.4 Å². The molecule has 0 fully saturated rings. The van der Waals surface area contributed by atoms with Gasteiger partial charge in [-0.1, -0.05) is 6.08 Å². The molecule has 0 aliphatic rings. The minimum Gasteiger partial charge on any atom is -0.395 e. The first-order valence-electron chi connectivity index (χ1n) is 5.63. The highest BCUT2D eigenvalue weighted by atomic mass is 19.4. The summed E-state index contributed by atoms with van der Waals surface area (Å²) in [6.07, 6.45) is -3.34. The SMILES string of the molecule is C=CCN(CCO)c1ccc([N+](=O)[O-])cc1C(F)(F)F. The van der Waals surface area contributed by atoms with Crippen LogP contribution in [-0.2, 0) is 6.18 Å². The van der Waals surface area contributed by atoms with Gasteiger partial charge in [0, 0.05) is 30.9 Å². The van der Waals surface area contributed by atoms with E-state index in [0.29, 0.717) is 6.07 Å². The standard InChI is InChI=1S/C12H13F3N2O3/c1-2-5-16(6-7-18)11-4-3-9(17(19)20)8-10(11)12(13,14)15/h2-4,8,18H,1,5-7H2. The zero-order valence-electron chi connectivity index (χ0n) is 10.4. The van der Waals surface area contributed by atoms with E-state index in [1.165, 1.54) is 11.0 Å². The highest BCUT2D eigenvalue weighted by Crippen LogP contribution is 2.38. The lowest BCUT2D eigenvalue weighted by Gasteiger charge is -2.25. The number of alkyl halides is 3. The predicted molar refractivity (Wildman–Crippen MR) is 67.6 cm³/mol. The van der Waals surface area contributed by atoms with Crippen LogP contribution in [0.1, 0.15) is 5.56 Å². The Labute approximate surface area is 113 Å². The molecule has 0 aliphatic carbocycles. The van der Waals surface area contributed by atoms with E-state index in [0.717, 1.165) is 12.1 Å². The highest BCUT2D eigenvalue weighted by molar-refractivity contribution is 5.59. The number of aliphatic hydroxyl groups is 1. The van der Waals surface area contributed by atoms with Crippen LogP contribution < -0.4 is 4.90 Å². The molecular weight excluding hydrogens is 277 g/mol. The molecule has 20 heavy (non-hydrogen) atoms. The number of non-ortho nitro benzene ring substituents is 1. The Balaban J connectivity index is 3.36. The number of halogens is 3. The zero-order chi connectivity index (χ0) is 15.3. The summed E-state index contributed by atoms with van der Waals surface area (Å²) < 4.78 is 39.0. The first kappa shape index (κ1) is 16.0. The first-order valence-corrected chi connectivity index (χ1v) is 5.63. The summed E-state index contributed by atoms with van der Waals surface area (Å²) in [5.41, 5.74) is -1.97. The van der Waals surface area contributed by atoms with E-state index < -0.39 is 22.4 Å². The van der Waals surface area contributed by atoms with Crippen molar-refractivity contribution < 1.29 is 23.2 Å². The zero-order valence-corrected chi connectivity index (χ0v) is 10.4. The number of nitrogens with zero attached hydrogens (tertiary/aromatic N) is 2. The molecule has 110 valence electrons. The maximum Gasteiger partial charge on any atom is 0.418 e. The molecule has 0 heterocycles. The third-order valence-corrected chi connectivity index (χ3v) is 2.56. The van der Waals surface area contributed by atoms with Gasteiger partial charge < -0.3 is 10.0 Å². The quantitative estimate of drug-likeness (QED) is 0.497. The second-order valence-electron chi connectivity index (χ2n) is 3.91. The number of aliphatic hydroxyl groups excluding tert-OH is 1. The predicted octanol–water partition coefficient (Wildman–Crippen LogP) is 2.60. The van der Waals surface area contributed by atoms with E-state index in [1.54, 1.807) is 0 Å². The van der Waals surface area contributed by atoms with Crippen molar-refractivity contribution in [2.45, 2.75) is 6.18 Å². The maximum atomic E-state index is 13.0. The average molecular weight is 290 g/mol. The molecular formula is C12H13F3N2O3. The number of hydrogen-bond acceptors (Lipinski definition) is 4. The Kier molecular flexibility index (Phi) is 5.09. The van der Waals surface area contributed by atoms with Crippen LogP contribution in [0.4, 0.5) is 24.5 Å². The van der Waals surface area contributed by atoms with Crippen LogP contribution >= 0.6 is 0 Å². The molecule has 0 bridgehead atoms. The van der Waals surface area contributed by atoms with E-state index in [1.807, 2.05) is 0 Å². The average Bonchev–Trinajstić information content (AvgIpc) is 2.36. The lowest BCUT2D eigenvalue weighted by molar-refractivity contribution is -0.385. The van der Waals surface area contributed by atoms with E-state index in [2.05, 4.69) is 6.58 Å². The van der Waals surface area contributed by atoms with Gasteiger partial charge in [-0.15, -0.1) is 6.58 Å². The third kappa shape index (κ3) is 3.70. The van der Waals surface area contributed by atoms with Crippen LogP contribution in [0.5, 0.6) is 0 Å². The van der Waals surface area contributed by atoms with Gasteiger partial charge in [0.25, 0.3) is 5.69 Å². The molecule has 0 saturated carbocycles. The summed E-state index contributed by atoms with van der Waals surface area (Å²) in [6, 6.07) is 2.51. The molecule has 0 radical (unpaired) electrons. The van der Waals surface area contributed by atoms with Crippen LogP contribution in [-0.4, -0.2) is 29.7 Å². The Bertz CT molecular complexity index is 503. The number of benzene rings is 1. The van der Waals surface area contributed by atoms with E-state index in [4.69, 9.17) is 5.11 Å². The normalized spacial score (nSPS) is 11.2. The van der Waals surface area contributed by atoms with E-state index in [-0.39, 0.29) is 25.4 Å². The largest absolute Gasteiger partial charge is 0.418 e. The van der Waals surface area contributed by atoms with Crippen LogP contribution in [0.15, 0.2) is 30.9 Å². The van der Waals surface area contributed by atoms with Gasteiger partial charge in [-0.25, -0.2) is 0 Å². The first-order chi connectivity index (χ1) is 9.31. The van der Waals surface area contributed by atoms with Gasteiger partial charge in [-0.3, -0.25) is 10.1 Å². The summed E-state index contributed by atoms with van der Waals surface area (Å²) in [4.78, 5) is 10.9. The van der Waals surface area contributed by atoms with Gasteiger partial charge >= 0.3 is 6.18 Å². The number of anilines is 1. The van der Waals surface area contributed by atoms with Gasteiger partial charge in [-0.05, 0) is 6.07 Å². The number of rotatable bonds is 6. The Hall–Kier alpha value is -2.09. The van der Waals surface area contributed by atoms with E-state index >= 15 is 0 Å². The van der Waals surface area contributed by atoms with Crippen molar-refractivity contribution in [3.05, 3.63) is 46.5 Å². The third-order valence-electron chi connectivity index (χ3n) is 2.56. The minimum absolute atomic E-state index is 0.0348. The van der Waals surface area contributed by atoms with Gasteiger partial charge in [0.1, 0.15) is 0 Å². The molecule has 0 unspecified atom stereocenters. The molecule has 1 aromatic rings. The highest BCUT2D eigenvalue weighted by Gasteiger charge is 2.36. The number of nitro groups is 1. The Morgan fingerprint density at radius 1 is 1.45 bits per heavy atom. The Morgan fingerprint density at radius 2 is 2.10 bits per heavy atom. The number of hydrogen-bond donors (Lipinski definition) is 1. The lowest BCUT2D eigenvalue weighted by Crippen LogP contribution is -2.29. The fourth-order valence-corrected chi connectivity index (χ4v) is 1.73. The van der Waals surface area contributed by atoms with Crippen molar-refractivity contribution in [3.8, 4) is 0 Å². The van der Waals surface area contributed by atoms with Crippen LogP contribution in [0.2, 0.25) is 0 Å². The molecule has 5 nitrogen and oxygen atoms in total. The Morgan fingerprint density at radius 3 is 2.55 bits per heavy atom. The molecule has 1 N–H and O–H groups in total. The molecule has 1 aromatic carbocycles. The second-order valence-corrected chi connectivity index (χ2v) is 3.91. The monoisotopic (exact) mass is 290 g/mol. The topological polar surface area (TPSA) is 66.6 Å². The fourth-order valence-electron chi connectivity index (χ4n) is 1.73. The van der Waals surface area contributed by atoms with Gasteiger partial charge in [0.05, 0.1) is 17.1 Å². The van der Waals surface area contributed by atoms with Gasteiger partial charge in [0.15, 0.2) is 0 Å². The molecule has 0 amide bonds. The van der Waals surface area contributed by atoms with Crippen LogP contribution in [0.3, 0.4) is 0 Å². The van der Waals surface area contributed by atoms with Crippen LogP contribution in [0.25, 0.3) is 0 Å². The van der Waals surface area contributed by atoms with Gasteiger partial charge in [-0.2, -0.15) is 13.2 Å². The smallest absolute Gasteiger partial charge is 0.395 e. The summed E-state index contributed by atoms with van der Waals surface area (Å²) >= 11 is 0. The van der Waals surface area contributed by atoms with Crippen molar-refractivity contribution in [2.24, 2.45) is 0 Å². The summed E-state index contributed by atoms with van der Waals surface area (Å²) in [5.74, 6) is 0. The molecule has 0 saturated heterocycles. The van der Waals surface area contributed by atoms with Crippen molar-refractivity contribution in [1.29, 1.82) is 0 Å². The molecule has 0 atom stereocenters. The molecule has 1 rings (SSSR count). The maximum absolute atomic E-state index is 13.0. The molecule has 0 aromatic heterocycles. The summed E-state index contributed by atoms with van der Waals surface area (Å²) in [6.45, 7) is 3.14. The summed E-state index contributed by atoms with van der Waals surface area (Å²) in [5, 5.41) is 19.5. The van der Waals surface area contributed by atoms with Crippen molar-refractivity contribution in [3.63, 3.8) is 0 Å². The molecule has 0 spiro atoms. The van der Waals surface area contributed by atoms with Crippen molar-refractivity contribution in [2.75, 3.05) is 24.6 Å². The second kappa shape index (κ2) is 6.38. The van der Waals surface area contributed by atoms with E-state index in [9.17, 15) is 23.3 Å². The fraction of sp³-hybridized carbons (Fsp3) is 0.333. The van der Waals surface area contributed by atoms with Crippen molar-refractivity contribution in [1.82, 2.24) is 0 Å². The summed E-state index contributed by atoms with van der Waals surface area (Å²) in [7, 11) is 0. The van der Waals surface area contributed by atoms with Gasteiger partial charge in [0.2, 0.25) is 0 Å².